The summed E-state index contributed by atoms with van der Waals surface area (Å²) >= 11 is 0. The van der Waals surface area contributed by atoms with Crippen molar-refractivity contribution >= 4 is 17.7 Å². The van der Waals surface area contributed by atoms with Gasteiger partial charge in [-0.1, -0.05) is 13.8 Å². The lowest BCUT2D eigenvalue weighted by Gasteiger charge is -2.49. The predicted molar refractivity (Wildman–Crippen MR) is 134 cm³/mol. The number of piperidine rings is 1. The Morgan fingerprint density at radius 2 is 1.73 bits per heavy atom. The van der Waals surface area contributed by atoms with Crippen molar-refractivity contribution < 1.29 is 28.6 Å². The monoisotopic (exact) mass is 511 g/mol. The molecule has 4 heterocycles. The fourth-order valence-electron chi connectivity index (χ4n) is 6.62. The minimum Gasteiger partial charge on any atom is -0.489 e. The highest BCUT2D eigenvalue weighted by molar-refractivity contribution is 6.05. The number of amides is 3. The molecule has 0 spiro atoms. The van der Waals surface area contributed by atoms with E-state index in [1.54, 1.807) is 4.90 Å². The Balaban J connectivity index is 1.16. The lowest BCUT2D eigenvalue weighted by atomic mass is 9.83. The predicted octanol–water partition coefficient (Wildman–Crippen LogP) is 2.12. The number of ether oxygens (including phenoxy) is 3. The van der Waals surface area contributed by atoms with Gasteiger partial charge in [0.15, 0.2) is 0 Å². The van der Waals surface area contributed by atoms with E-state index in [1.165, 1.54) is 0 Å². The van der Waals surface area contributed by atoms with Crippen molar-refractivity contribution in [2.45, 2.75) is 70.7 Å². The first-order chi connectivity index (χ1) is 17.7. The molecule has 6 rings (SSSR count). The molecule has 9 heteroatoms. The van der Waals surface area contributed by atoms with Crippen LogP contribution < -0.4 is 10.1 Å². The third kappa shape index (κ3) is 4.77. The van der Waals surface area contributed by atoms with Gasteiger partial charge in [-0.2, -0.15) is 0 Å². The van der Waals surface area contributed by atoms with Crippen molar-refractivity contribution in [2.24, 2.45) is 10.8 Å². The number of nitrogens with zero attached hydrogens (tertiary/aromatic N) is 2. The van der Waals surface area contributed by atoms with E-state index in [0.29, 0.717) is 24.6 Å². The second-order valence-corrected chi connectivity index (χ2v) is 12.4. The topological polar surface area (TPSA) is 97.4 Å². The van der Waals surface area contributed by atoms with E-state index in [0.717, 1.165) is 70.1 Å². The van der Waals surface area contributed by atoms with E-state index in [-0.39, 0.29) is 41.1 Å². The molecule has 4 fully saturated rings. The number of hydrogen-bond donors (Lipinski definition) is 1. The molecule has 2 unspecified atom stereocenters. The summed E-state index contributed by atoms with van der Waals surface area (Å²) in [5.74, 6) is -0.0596. The number of carbonyl (C=O) groups is 3. The number of fused-ring (bicyclic) bond motifs is 1. The first-order valence-corrected chi connectivity index (χ1v) is 13.6. The maximum absolute atomic E-state index is 13.0. The lowest BCUT2D eigenvalue weighted by Crippen LogP contribution is -2.58. The Bertz CT molecular complexity index is 1080. The van der Waals surface area contributed by atoms with Crippen LogP contribution >= 0.6 is 0 Å². The number of imide groups is 1. The molecular formula is C28H37N3O6. The van der Waals surface area contributed by atoms with Crippen molar-refractivity contribution in [2.75, 3.05) is 39.5 Å². The first kappa shape index (κ1) is 24.8. The summed E-state index contributed by atoms with van der Waals surface area (Å²) in [6, 6.07) is 5.38. The maximum atomic E-state index is 13.0. The number of carbonyl (C=O) groups excluding carboxylic acids is 3. The van der Waals surface area contributed by atoms with Gasteiger partial charge in [0.05, 0.1) is 26.4 Å². The van der Waals surface area contributed by atoms with Crippen LogP contribution in [0.25, 0.3) is 0 Å². The Morgan fingerprint density at radius 3 is 2.35 bits per heavy atom. The molecule has 1 aliphatic carbocycles. The number of rotatable bonds is 8. The van der Waals surface area contributed by atoms with Crippen LogP contribution in [0.5, 0.6) is 5.75 Å². The number of benzene rings is 1. The molecule has 3 atom stereocenters. The number of nitrogens with one attached hydrogen (secondary N) is 1. The highest BCUT2D eigenvalue weighted by atomic mass is 16.5. The third-order valence-corrected chi connectivity index (χ3v) is 8.64. The summed E-state index contributed by atoms with van der Waals surface area (Å²) in [7, 11) is 0. The van der Waals surface area contributed by atoms with Crippen molar-refractivity contribution in [3.05, 3.63) is 29.3 Å². The van der Waals surface area contributed by atoms with Gasteiger partial charge in [-0.15, -0.1) is 0 Å². The van der Waals surface area contributed by atoms with Gasteiger partial charge in [-0.3, -0.25) is 24.6 Å². The highest BCUT2D eigenvalue weighted by Gasteiger charge is 2.45. The summed E-state index contributed by atoms with van der Waals surface area (Å²) in [6.45, 7) is 10.2. The van der Waals surface area contributed by atoms with Crippen LogP contribution in [0.2, 0.25) is 0 Å². The normalized spacial score (nSPS) is 30.1. The van der Waals surface area contributed by atoms with E-state index in [9.17, 15) is 14.4 Å². The molecule has 9 nitrogen and oxygen atoms in total. The average molecular weight is 512 g/mol. The van der Waals surface area contributed by atoms with Gasteiger partial charge in [0.25, 0.3) is 5.91 Å². The zero-order valence-corrected chi connectivity index (χ0v) is 21.8. The van der Waals surface area contributed by atoms with Crippen molar-refractivity contribution in [1.82, 2.24) is 15.1 Å². The van der Waals surface area contributed by atoms with E-state index in [1.807, 2.05) is 18.2 Å². The van der Waals surface area contributed by atoms with Crippen LogP contribution in [0.3, 0.4) is 0 Å². The van der Waals surface area contributed by atoms with Gasteiger partial charge < -0.3 is 19.1 Å². The maximum Gasteiger partial charge on any atom is 0.255 e. The van der Waals surface area contributed by atoms with Gasteiger partial charge in [-0.05, 0) is 49.4 Å². The molecule has 1 aromatic rings. The van der Waals surface area contributed by atoms with Crippen LogP contribution in [0.1, 0.15) is 61.9 Å². The molecule has 0 bridgehead atoms. The lowest BCUT2D eigenvalue weighted by molar-refractivity contribution is -0.151. The molecule has 200 valence electrons. The van der Waals surface area contributed by atoms with Gasteiger partial charge in [0, 0.05) is 48.5 Å². The second kappa shape index (κ2) is 9.36. The molecular weight excluding hydrogens is 474 g/mol. The van der Waals surface area contributed by atoms with E-state index >= 15 is 0 Å². The summed E-state index contributed by atoms with van der Waals surface area (Å²) in [5.41, 5.74) is 1.84. The second-order valence-electron chi connectivity index (χ2n) is 12.4. The van der Waals surface area contributed by atoms with Crippen LogP contribution in [0, 0.1) is 10.8 Å². The molecule has 3 saturated heterocycles. The number of hydrogen-bond acceptors (Lipinski definition) is 7. The smallest absolute Gasteiger partial charge is 0.255 e. The molecule has 1 aromatic carbocycles. The molecule has 1 N–H and O–H groups in total. The van der Waals surface area contributed by atoms with E-state index in [2.05, 4.69) is 24.1 Å². The van der Waals surface area contributed by atoms with Gasteiger partial charge in [0.1, 0.15) is 17.9 Å². The Hall–Kier alpha value is -2.49. The van der Waals surface area contributed by atoms with Crippen LogP contribution in [0.15, 0.2) is 18.2 Å². The SMILES string of the molecule is CC1(CN(CC2(C)COC2)[C@@H]2CCCC2Oc2ccc3c(c2)CN(C2CCC(=O)NC2=O)C3=O)COC1. The van der Waals surface area contributed by atoms with Crippen LogP contribution in [-0.2, 0) is 25.6 Å². The Morgan fingerprint density at radius 1 is 1.03 bits per heavy atom. The first-order valence-electron chi connectivity index (χ1n) is 13.6. The zero-order valence-electron chi connectivity index (χ0n) is 21.8. The minimum atomic E-state index is -0.608. The largest absolute Gasteiger partial charge is 0.489 e. The molecule has 37 heavy (non-hydrogen) atoms. The summed E-state index contributed by atoms with van der Waals surface area (Å²) in [4.78, 5) is 41.2. The van der Waals surface area contributed by atoms with Crippen LogP contribution in [-0.4, -0.2) is 85.2 Å². The Kier molecular flexibility index (Phi) is 6.28. The Labute approximate surface area is 217 Å². The van der Waals surface area contributed by atoms with E-state index < -0.39 is 6.04 Å². The standard InChI is InChI=1S/C28H37N3O6/c1-27(14-35-15-27)12-30(13-28(2)16-36-17-28)21-4-3-5-23(21)37-19-6-7-20-18(10-19)11-31(26(20)34)22-8-9-24(32)29-25(22)33/h6-7,10,21-23H,3-5,8-9,11-17H2,1-2H3,(H,29,32,33)/t21-,22?,23?/m1/s1. The fourth-order valence-corrected chi connectivity index (χ4v) is 6.62. The average Bonchev–Trinajstić information content (AvgIpc) is 3.41. The van der Waals surface area contributed by atoms with Gasteiger partial charge in [0.2, 0.25) is 11.8 Å². The third-order valence-electron chi connectivity index (χ3n) is 8.64. The van der Waals surface area contributed by atoms with Crippen molar-refractivity contribution in [1.29, 1.82) is 0 Å². The fraction of sp³-hybridized carbons (Fsp3) is 0.679. The van der Waals surface area contributed by atoms with Crippen LogP contribution in [0.4, 0.5) is 0 Å². The molecule has 4 aliphatic heterocycles. The minimum absolute atomic E-state index is 0.0792. The molecule has 0 radical (unpaired) electrons. The summed E-state index contributed by atoms with van der Waals surface area (Å²) in [6.07, 6.45) is 3.92. The molecule has 0 aromatic heterocycles. The quantitative estimate of drug-likeness (QED) is 0.534. The molecule has 1 saturated carbocycles. The van der Waals surface area contributed by atoms with Crippen molar-refractivity contribution in [3.63, 3.8) is 0 Å². The highest BCUT2D eigenvalue weighted by Crippen LogP contribution is 2.38. The zero-order chi connectivity index (χ0) is 25.8. The summed E-state index contributed by atoms with van der Waals surface area (Å²) in [5, 5.41) is 2.36. The summed E-state index contributed by atoms with van der Waals surface area (Å²) < 4.78 is 17.7. The van der Waals surface area contributed by atoms with Gasteiger partial charge in [-0.25, -0.2) is 0 Å². The molecule has 3 amide bonds. The van der Waals surface area contributed by atoms with E-state index in [4.69, 9.17) is 14.2 Å². The van der Waals surface area contributed by atoms with Crippen molar-refractivity contribution in [3.8, 4) is 5.75 Å². The van der Waals surface area contributed by atoms with Gasteiger partial charge >= 0.3 is 0 Å². The molecule has 5 aliphatic rings.